The first-order chi connectivity index (χ1) is 6.70. The van der Waals surface area contributed by atoms with Gasteiger partial charge in [0.1, 0.15) is 0 Å². The van der Waals surface area contributed by atoms with E-state index in [4.69, 9.17) is 22.8 Å². The van der Waals surface area contributed by atoms with Crippen molar-refractivity contribution in [1.29, 1.82) is 0 Å². The van der Waals surface area contributed by atoms with E-state index in [0.717, 1.165) is 19.3 Å². The average Bonchev–Trinajstić information content (AvgIpc) is 2.15. The van der Waals surface area contributed by atoms with E-state index in [1.807, 2.05) is 6.92 Å². The molecule has 0 N–H and O–H groups in total. The molecule has 0 fully saturated rings. The molecule has 0 aliphatic rings. The van der Waals surface area contributed by atoms with Crippen LogP contribution in [-0.2, 0) is 9.53 Å². The molecular formula is C11H17ClO2. The summed E-state index contributed by atoms with van der Waals surface area (Å²) in [4.78, 5) is 11.1. The van der Waals surface area contributed by atoms with Crippen molar-refractivity contribution in [3.05, 3.63) is 0 Å². The summed E-state index contributed by atoms with van der Waals surface area (Å²) in [6.07, 6.45) is 8.63. The number of carbonyl (C=O) groups excluding carboxylic acids is 1. The Hall–Kier alpha value is -0.680. The van der Waals surface area contributed by atoms with E-state index >= 15 is 0 Å². The normalized spacial score (nSPS) is 11.8. The zero-order valence-electron chi connectivity index (χ0n) is 8.59. The van der Waals surface area contributed by atoms with Crippen molar-refractivity contribution >= 4 is 17.6 Å². The number of esters is 1. The zero-order valence-corrected chi connectivity index (χ0v) is 9.35. The van der Waals surface area contributed by atoms with Crippen molar-refractivity contribution in [3.8, 4) is 12.3 Å². The van der Waals surface area contributed by atoms with Crippen LogP contribution in [0.2, 0.25) is 0 Å². The number of hydrogen-bond acceptors (Lipinski definition) is 2. The van der Waals surface area contributed by atoms with Gasteiger partial charge in [-0.15, -0.1) is 23.9 Å². The lowest BCUT2D eigenvalue weighted by atomic mass is 10.2. The number of rotatable bonds is 7. The monoisotopic (exact) mass is 216 g/mol. The summed E-state index contributed by atoms with van der Waals surface area (Å²) < 4.78 is 5.13. The fourth-order valence-corrected chi connectivity index (χ4v) is 1.18. The fourth-order valence-electron chi connectivity index (χ4n) is 1.04. The van der Waals surface area contributed by atoms with Gasteiger partial charge >= 0.3 is 5.97 Å². The van der Waals surface area contributed by atoms with Gasteiger partial charge in [-0.25, -0.2) is 0 Å². The van der Waals surface area contributed by atoms with Crippen molar-refractivity contribution in [2.45, 2.75) is 45.1 Å². The highest BCUT2D eigenvalue weighted by molar-refractivity contribution is 6.17. The Morgan fingerprint density at radius 3 is 2.86 bits per heavy atom. The predicted octanol–water partition coefficient (Wildman–Crippen LogP) is 2.74. The standard InChI is InChI=1S/C11H17ClO2/c1-3-4-5-7-10(2)14-11(13)8-6-9-12/h1,10H,4-9H2,2H3. The van der Waals surface area contributed by atoms with E-state index in [0.29, 0.717) is 18.7 Å². The minimum absolute atomic E-state index is 0.0359. The molecule has 0 saturated heterocycles. The van der Waals surface area contributed by atoms with Crippen LogP contribution < -0.4 is 0 Å². The van der Waals surface area contributed by atoms with Gasteiger partial charge in [0.25, 0.3) is 0 Å². The predicted molar refractivity (Wildman–Crippen MR) is 58.2 cm³/mol. The number of ether oxygens (including phenoxy) is 1. The highest BCUT2D eigenvalue weighted by Gasteiger charge is 2.08. The maximum atomic E-state index is 11.1. The maximum Gasteiger partial charge on any atom is 0.306 e. The van der Waals surface area contributed by atoms with Gasteiger partial charge in [0, 0.05) is 18.7 Å². The topological polar surface area (TPSA) is 26.3 Å². The summed E-state index contributed by atoms with van der Waals surface area (Å²) in [6, 6.07) is 0. The molecule has 0 heterocycles. The van der Waals surface area contributed by atoms with E-state index in [2.05, 4.69) is 5.92 Å². The van der Waals surface area contributed by atoms with E-state index < -0.39 is 0 Å². The lowest BCUT2D eigenvalue weighted by Gasteiger charge is -2.11. The number of alkyl halides is 1. The Balaban J connectivity index is 3.46. The molecule has 80 valence electrons. The zero-order chi connectivity index (χ0) is 10.8. The molecule has 0 aromatic rings. The molecule has 0 amide bonds. The molecule has 0 saturated carbocycles. The summed E-state index contributed by atoms with van der Waals surface area (Å²) in [5, 5.41) is 0. The number of hydrogen-bond donors (Lipinski definition) is 0. The Labute approximate surface area is 91.0 Å². The third-order valence-corrected chi connectivity index (χ3v) is 2.05. The quantitative estimate of drug-likeness (QED) is 0.283. The minimum Gasteiger partial charge on any atom is -0.463 e. The molecule has 0 aromatic heterocycles. The molecule has 14 heavy (non-hydrogen) atoms. The SMILES string of the molecule is C#CCCCC(C)OC(=O)CCCCl. The fraction of sp³-hybridized carbons (Fsp3) is 0.727. The molecular weight excluding hydrogens is 200 g/mol. The van der Waals surface area contributed by atoms with E-state index in [1.165, 1.54) is 0 Å². The van der Waals surface area contributed by atoms with Crippen molar-refractivity contribution < 1.29 is 9.53 Å². The Morgan fingerprint density at radius 2 is 2.29 bits per heavy atom. The van der Waals surface area contributed by atoms with E-state index in [1.54, 1.807) is 0 Å². The van der Waals surface area contributed by atoms with Crippen LogP contribution in [0.15, 0.2) is 0 Å². The van der Waals surface area contributed by atoms with Crippen LogP contribution in [0.5, 0.6) is 0 Å². The molecule has 2 nitrogen and oxygen atoms in total. The largest absolute Gasteiger partial charge is 0.463 e. The minimum atomic E-state index is -0.168. The van der Waals surface area contributed by atoms with Crippen LogP contribution in [0.3, 0.4) is 0 Å². The molecule has 0 spiro atoms. The van der Waals surface area contributed by atoms with Gasteiger partial charge in [-0.05, 0) is 26.2 Å². The molecule has 1 atom stereocenters. The molecule has 0 aromatic carbocycles. The van der Waals surface area contributed by atoms with Gasteiger partial charge < -0.3 is 4.74 Å². The molecule has 1 unspecified atom stereocenters. The first-order valence-electron chi connectivity index (χ1n) is 4.89. The molecule has 0 rings (SSSR count). The van der Waals surface area contributed by atoms with Gasteiger partial charge in [-0.3, -0.25) is 4.79 Å². The Morgan fingerprint density at radius 1 is 1.57 bits per heavy atom. The highest BCUT2D eigenvalue weighted by atomic mass is 35.5. The summed E-state index contributed by atoms with van der Waals surface area (Å²) in [7, 11) is 0. The smallest absolute Gasteiger partial charge is 0.306 e. The van der Waals surface area contributed by atoms with Crippen molar-refractivity contribution in [2.75, 3.05) is 5.88 Å². The van der Waals surface area contributed by atoms with Crippen molar-refractivity contribution in [2.24, 2.45) is 0 Å². The Bertz CT molecular complexity index is 196. The first-order valence-corrected chi connectivity index (χ1v) is 5.43. The summed E-state index contributed by atoms with van der Waals surface area (Å²) in [6.45, 7) is 1.88. The highest BCUT2D eigenvalue weighted by Crippen LogP contribution is 2.06. The van der Waals surface area contributed by atoms with Crippen LogP contribution in [0.25, 0.3) is 0 Å². The maximum absolute atomic E-state index is 11.1. The first kappa shape index (κ1) is 13.3. The second kappa shape index (κ2) is 8.90. The van der Waals surface area contributed by atoms with Gasteiger partial charge in [0.2, 0.25) is 0 Å². The van der Waals surface area contributed by atoms with Crippen molar-refractivity contribution in [1.82, 2.24) is 0 Å². The number of halogens is 1. The van der Waals surface area contributed by atoms with E-state index in [9.17, 15) is 4.79 Å². The lowest BCUT2D eigenvalue weighted by molar-refractivity contribution is -0.148. The van der Waals surface area contributed by atoms with Crippen LogP contribution in [-0.4, -0.2) is 18.0 Å². The van der Waals surface area contributed by atoms with Crippen LogP contribution in [0.4, 0.5) is 0 Å². The summed E-state index contributed by atoms with van der Waals surface area (Å²) >= 11 is 5.45. The second-order valence-corrected chi connectivity index (χ2v) is 3.57. The number of carbonyl (C=O) groups is 1. The Kier molecular flexibility index (Phi) is 8.47. The second-order valence-electron chi connectivity index (χ2n) is 3.19. The third kappa shape index (κ3) is 7.94. The van der Waals surface area contributed by atoms with Gasteiger partial charge in [-0.2, -0.15) is 0 Å². The molecule has 0 aliphatic carbocycles. The van der Waals surface area contributed by atoms with Crippen molar-refractivity contribution in [3.63, 3.8) is 0 Å². The third-order valence-electron chi connectivity index (χ3n) is 1.78. The van der Waals surface area contributed by atoms with E-state index in [-0.39, 0.29) is 12.1 Å². The molecule has 0 radical (unpaired) electrons. The summed E-state index contributed by atoms with van der Waals surface area (Å²) in [5.41, 5.74) is 0. The summed E-state index contributed by atoms with van der Waals surface area (Å²) in [5.74, 6) is 2.89. The van der Waals surface area contributed by atoms with Crippen LogP contribution in [0, 0.1) is 12.3 Å². The van der Waals surface area contributed by atoms with Crippen LogP contribution in [0.1, 0.15) is 39.0 Å². The molecule has 0 bridgehead atoms. The van der Waals surface area contributed by atoms with Gasteiger partial charge in [0.15, 0.2) is 0 Å². The number of terminal acetylenes is 1. The van der Waals surface area contributed by atoms with Gasteiger partial charge in [0.05, 0.1) is 6.10 Å². The number of unbranched alkanes of at least 4 members (excludes halogenated alkanes) is 1. The average molecular weight is 217 g/mol. The lowest BCUT2D eigenvalue weighted by Crippen LogP contribution is -2.14. The molecule has 0 aliphatic heterocycles. The molecule has 3 heteroatoms. The van der Waals surface area contributed by atoms with Crippen LogP contribution >= 0.6 is 11.6 Å². The van der Waals surface area contributed by atoms with Gasteiger partial charge in [-0.1, -0.05) is 0 Å².